The van der Waals surface area contributed by atoms with E-state index in [4.69, 9.17) is 24.2 Å². The van der Waals surface area contributed by atoms with E-state index in [1.165, 1.54) is 19.1 Å². The van der Waals surface area contributed by atoms with E-state index in [2.05, 4.69) is 0 Å². The minimum atomic E-state index is -0.444. The van der Waals surface area contributed by atoms with Gasteiger partial charge in [-0.1, -0.05) is 0 Å². The highest BCUT2D eigenvalue weighted by Gasteiger charge is 2.17. The number of rotatable bonds is 12. The molecule has 0 aliphatic carbocycles. The highest BCUT2D eigenvalue weighted by atomic mass is 16.5. The molecule has 0 aliphatic rings. The van der Waals surface area contributed by atoms with Crippen molar-refractivity contribution < 1.29 is 28.5 Å². The number of hydrogen-bond donors (Lipinski definition) is 0. The van der Waals surface area contributed by atoms with Gasteiger partial charge >= 0.3 is 5.97 Å². The van der Waals surface area contributed by atoms with Crippen LogP contribution in [-0.4, -0.2) is 63.9 Å². The summed E-state index contributed by atoms with van der Waals surface area (Å²) in [6.45, 7) is 2.84. The minimum Gasteiger partial charge on any atom is -0.493 e. The Morgan fingerprint density at radius 1 is 1.19 bits per heavy atom. The van der Waals surface area contributed by atoms with Crippen LogP contribution < -0.4 is 9.47 Å². The van der Waals surface area contributed by atoms with Crippen LogP contribution in [0.25, 0.3) is 0 Å². The lowest BCUT2D eigenvalue weighted by atomic mass is 10.2. The Hall–Kier alpha value is -2.79. The molecule has 0 radical (unpaired) electrons. The van der Waals surface area contributed by atoms with E-state index >= 15 is 0 Å². The van der Waals surface area contributed by atoms with Crippen LogP contribution in [0.2, 0.25) is 0 Å². The second-order valence-electron chi connectivity index (χ2n) is 5.54. The van der Waals surface area contributed by atoms with Gasteiger partial charge in [-0.3, -0.25) is 9.59 Å². The van der Waals surface area contributed by atoms with Crippen LogP contribution in [-0.2, 0) is 19.1 Å². The van der Waals surface area contributed by atoms with E-state index in [-0.39, 0.29) is 25.5 Å². The van der Waals surface area contributed by atoms with E-state index in [1.807, 2.05) is 6.07 Å². The summed E-state index contributed by atoms with van der Waals surface area (Å²) in [6, 6.07) is 6.91. The van der Waals surface area contributed by atoms with Crippen LogP contribution in [0.1, 0.15) is 25.3 Å². The van der Waals surface area contributed by atoms with Crippen molar-refractivity contribution in [3.63, 3.8) is 0 Å². The fraction of sp³-hybridized carbons (Fsp3) is 0.526. The summed E-state index contributed by atoms with van der Waals surface area (Å²) in [4.78, 5) is 25.4. The first-order valence-electron chi connectivity index (χ1n) is 8.69. The fourth-order valence-electron chi connectivity index (χ4n) is 2.28. The summed E-state index contributed by atoms with van der Waals surface area (Å²) in [6.07, 6.45) is 0.690. The third-order valence-electron chi connectivity index (χ3n) is 3.63. The van der Waals surface area contributed by atoms with Crippen molar-refractivity contribution in [1.29, 1.82) is 5.26 Å². The summed E-state index contributed by atoms with van der Waals surface area (Å²) >= 11 is 0. The van der Waals surface area contributed by atoms with Gasteiger partial charge in [0.05, 0.1) is 38.6 Å². The molecule has 1 aromatic carbocycles. The van der Waals surface area contributed by atoms with Crippen molar-refractivity contribution in [2.24, 2.45) is 0 Å². The maximum absolute atomic E-state index is 12.4. The molecule has 8 nitrogen and oxygen atoms in total. The molecule has 0 aromatic heterocycles. The third-order valence-corrected chi connectivity index (χ3v) is 3.63. The van der Waals surface area contributed by atoms with Crippen molar-refractivity contribution in [2.75, 3.05) is 47.1 Å². The highest BCUT2D eigenvalue weighted by Crippen LogP contribution is 2.27. The van der Waals surface area contributed by atoms with Gasteiger partial charge in [0.15, 0.2) is 11.5 Å². The fourth-order valence-corrected chi connectivity index (χ4v) is 2.28. The largest absolute Gasteiger partial charge is 0.493 e. The van der Waals surface area contributed by atoms with Crippen molar-refractivity contribution in [2.45, 2.75) is 19.8 Å². The van der Waals surface area contributed by atoms with Crippen LogP contribution in [0, 0.1) is 11.3 Å². The van der Waals surface area contributed by atoms with Crippen molar-refractivity contribution >= 4 is 11.9 Å². The maximum atomic E-state index is 12.4. The van der Waals surface area contributed by atoms with Crippen molar-refractivity contribution in [1.82, 2.24) is 4.90 Å². The van der Waals surface area contributed by atoms with Crippen molar-refractivity contribution in [3.05, 3.63) is 23.8 Å². The normalized spacial score (nSPS) is 10.0. The molecule has 0 saturated carbocycles. The average Bonchev–Trinajstić information content (AvgIpc) is 2.68. The SMILES string of the molecule is CCOC(=O)CN(CCOC)C(=O)CCCOc1ccc(C#N)cc1OC. The predicted octanol–water partition coefficient (Wildman–Crippen LogP) is 1.76. The average molecular weight is 378 g/mol. The summed E-state index contributed by atoms with van der Waals surface area (Å²) in [5.41, 5.74) is 0.474. The molecular weight excluding hydrogens is 352 g/mol. The quantitative estimate of drug-likeness (QED) is 0.404. The maximum Gasteiger partial charge on any atom is 0.325 e. The Bertz CT molecular complexity index is 656. The van der Waals surface area contributed by atoms with E-state index in [0.29, 0.717) is 43.2 Å². The van der Waals surface area contributed by atoms with Crippen LogP contribution in [0.4, 0.5) is 0 Å². The molecule has 0 aliphatic heterocycles. The summed E-state index contributed by atoms with van der Waals surface area (Å²) in [7, 11) is 3.03. The van der Waals surface area contributed by atoms with E-state index < -0.39 is 5.97 Å². The summed E-state index contributed by atoms with van der Waals surface area (Å²) < 4.78 is 20.7. The Balaban J connectivity index is 2.51. The van der Waals surface area contributed by atoms with Gasteiger partial charge in [-0.2, -0.15) is 5.26 Å². The molecule has 148 valence electrons. The lowest BCUT2D eigenvalue weighted by Gasteiger charge is -2.21. The Kier molecular flexibility index (Phi) is 10.3. The minimum absolute atomic E-state index is 0.0969. The van der Waals surface area contributed by atoms with Crippen LogP contribution in [0.15, 0.2) is 18.2 Å². The lowest BCUT2D eigenvalue weighted by molar-refractivity contribution is -0.149. The highest BCUT2D eigenvalue weighted by molar-refractivity contribution is 5.82. The molecule has 0 bridgehead atoms. The molecule has 0 unspecified atom stereocenters. The standard InChI is InChI=1S/C19H26N2O6/c1-4-26-19(23)14-21(9-11-24-2)18(22)6-5-10-27-16-8-7-15(13-20)12-17(16)25-3/h7-8,12H,4-6,9-11,14H2,1-3H3. The van der Waals surface area contributed by atoms with Gasteiger partial charge in [-0.05, 0) is 25.5 Å². The van der Waals surface area contributed by atoms with Gasteiger partial charge in [-0.25, -0.2) is 0 Å². The first-order chi connectivity index (χ1) is 13.0. The smallest absolute Gasteiger partial charge is 0.325 e. The number of carbonyl (C=O) groups is 2. The Labute approximate surface area is 159 Å². The number of ether oxygens (including phenoxy) is 4. The van der Waals surface area contributed by atoms with Gasteiger partial charge in [0.1, 0.15) is 6.54 Å². The summed E-state index contributed by atoms with van der Waals surface area (Å²) in [5, 5.41) is 8.90. The Morgan fingerprint density at radius 3 is 2.59 bits per heavy atom. The molecule has 0 spiro atoms. The topological polar surface area (TPSA) is 98.1 Å². The number of amides is 1. The lowest BCUT2D eigenvalue weighted by Crippen LogP contribution is -2.38. The number of esters is 1. The van der Waals surface area contributed by atoms with Gasteiger partial charge < -0.3 is 23.8 Å². The van der Waals surface area contributed by atoms with Gasteiger partial charge in [0.2, 0.25) is 5.91 Å². The van der Waals surface area contributed by atoms with Crippen molar-refractivity contribution in [3.8, 4) is 17.6 Å². The second kappa shape index (κ2) is 12.5. The molecular formula is C19H26N2O6. The third kappa shape index (κ3) is 7.96. The van der Waals surface area contributed by atoms with Crippen LogP contribution in [0.3, 0.4) is 0 Å². The van der Waals surface area contributed by atoms with Gasteiger partial charge in [-0.15, -0.1) is 0 Å². The number of carbonyl (C=O) groups excluding carboxylic acids is 2. The molecule has 0 heterocycles. The van der Waals surface area contributed by atoms with Gasteiger partial charge in [0.25, 0.3) is 0 Å². The van der Waals surface area contributed by atoms with E-state index in [0.717, 1.165) is 0 Å². The van der Waals surface area contributed by atoms with Gasteiger partial charge in [0, 0.05) is 26.1 Å². The van der Waals surface area contributed by atoms with E-state index in [9.17, 15) is 9.59 Å². The molecule has 1 amide bonds. The first-order valence-corrected chi connectivity index (χ1v) is 8.69. The predicted molar refractivity (Wildman–Crippen MR) is 97.5 cm³/mol. The number of nitriles is 1. The molecule has 1 rings (SSSR count). The molecule has 0 N–H and O–H groups in total. The zero-order chi connectivity index (χ0) is 20.1. The molecule has 27 heavy (non-hydrogen) atoms. The second-order valence-corrected chi connectivity index (χ2v) is 5.54. The zero-order valence-corrected chi connectivity index (χ0v) is 16.0. The van der Waals surface area contributed by atoms with Crippen LogP contribution in [0.5, 0.6) is 11.5 Å². The zero-order valence-electron chi connectivity index (χ0n) is 16.0. The Morgan fingerprint density at radius 2 is 1.96 bits per heavy atom. The monoisotopic (exact) mass is 378 g/mol. The van der Waals surface area contributed by atoms with E-state index in [1.54, 1.807) is 25.1 Å². The molecule has 0 saturated heterocycles. The molecule has 1 aromatic rings. The number of methoxy groups -OCH3 is 2. The first kappa shape index (κ1) is 22.3. The van der Waals surface area contributed by atoms with Crippen LogP contribution >= 0.6 is 0 Å². The number of hydrogen-bond acceptors (Lipinski definition) is 7. The molecule has 0 atom stereocenters. The number of nitrogens with zero attached hydrogens (tertiary/aromatic N) is 2. The number of benzene rings is 1. The molecule has 8 heteroatoms. The molecule has 0 fully saturated rings. The summed E-state index contributed by atoms with van der Waals surface area (Å²) in [5.74, 6) is 0.354.